The molecule has 1 fully saturated rings. The van der Waals surface area contributed by atoms with Gasteiger partial charge in [-0.05, 0) is 26.3 Å². The van der Waals surface area contributed by atoms with Crippen molar-refractivity contribution < 1.29 is 24.2 Å². The lowest BCUT2D eigenvalue weighted by Crippen LogP contribution is -2.47. The van der Waals surface area contributed by atoms with Crippen molar-refractivity contribution in [1.82, 2.24) is 4.90 Å². The number of rotatable bonds is 6. The van der Waals surface area contributed by atoms with Crippen molar-refractivity contribution in [2.45, 2.75) is 38.3 Å². The number of carbonyl (C=O) groups is 2. The van der Waals surface area contributed by atoms with Crippen LogP contribution in [0.15, 0.2) is 0 Å². The lowest BCUT2D eigenvalue weighted by atomic mass is 10.0. The number of ether oxygens (including phenoxy) is 2. The van der Waals surface area contributed by atoms with Crippen LogP contribution in [0.25, 0.3) is 0 Å². The van der Waals surface area contributed by atoms with E-state index in [0.717, 1.165) is 12.8 Å². The average molecular weight is 259 g/mol. The maximum absolute atomic E-state index is 11.7. The molecular weight excluding hydrogens is 238 g/mol. The van der Waals surface area contributed by atoms with Crippen molar-refractivity contribution in [2.24, 2.45) is 0 Å². The Labute approximate surface area is 107 Å². The van der Waals surface area contributed by atoms with Crippen LogP contribution in [0.1, 0.15) is 26.2 Å². The summed E-state index contributed by atoms with van der Waals surface area (Å²) in [6.45, 7) is 2.75. The predicted octanol–water partition coefficient (Wildman–Crippen LogP) is 0.504. The van der Waals surface area contributed by atoms with E-state index in [2.05, 4.69) is 0 Å². The standard InChI is InChI=1S/C12H21NO5/c1-9(8-17-2)18-11(14)7-13-6-4-3-5-10(13)12(15)16/h9-10H,3-8H2,1-2H3,(H,15,16). The van der Waals surface area contributed by atoms with Gasteiger partial charge in [0.2, 0.25) is 0 Å². The second-order valence-corrected chi connectivity index (χ2v) is 4.58. The second-order valence-electron chi connectivity index (χ2n) is 4.58. The summed E-state index contributed by atoms with van der Waals surface area (Å²) in [7, 11) is 1.54. The van der Waals surface area contributed by atoms with Crippen molar-refractivity contribution in [2.75, 3.05) is 26.8 Å². The molecule has 0 radical (unpaired) electrons. The molecule has 0 aromatic rings. The minimum atomic E-state index is -0.868. The van der Waals surface area contributed by atoms with Crippen LogP contribution in [0.5, 0.6) is 0 Å². The van der Waals surface area contributed by atoms with E-state index < -0.39 is 18.0 Å². The summed E-state index contributed by atoms with van der Waals surface area (Å²) in [4.78, 5) is 24.4. The van der Waals surface area contributed by atoms with Crippen LogP contribution in [0.4, 0.5) is 0 Å². The summed E-state index contributed by atoms with van der Waals surface area (Å²) in [5.41, 5.74) is 0. The van der Waals surface area contributed by atoms with Crippen molar-refractivity contribution in [1.29, 1.82) is 0 Å². The number of methoxy groups -OCH3 is 1. The molecule has 0 aromatic carbocycles. The summed E-state index contributed by atoms with van der Waals surface area (Å²) < 4.78 is 9.99. The first kappa shape index (κ1) is 14.9. The molecule has 0 bridgehead atoms. The number of nitrogens with zero attached hydrogens (tertiary/aromatic N) is 1. The van der Waals surface area contributed by atoms with E-state index >= 15 is 0 Å². The molecule has 2 unspecified atom stereocenters. The Kier molecular flexibility index (Phi) is 6.07. The van der Waals surface area contributed by atoms with Crippen LogP contribution in [0.2, 0.25) is 0 Å². The number of hydrogen-bond donors (Lipinski definition) is 1. The van der Waals surface area contributed by atoms with E-state index in [9.17, 15) is 9.59 Å². The lowest BCUT2D eigenvalue weighted by Gasteiger charge is -2.32. The largest absolute Gasteiger partial charge is 0.480 e. The number of hydrogen-bond acceptors (Lipinski definition) is 5. The van der Waals surface area contributed by atoms with Gasteiger partial charge in [0.05, 0.1) is 13.2 Å². The Bertz CT molecular complexity index is 294. The molecule has 1 rings (SSSR count). The fourth-order valence-corrected chi connectivity index (χ4v) is 2.16. The van der Waals surface area contributed by atoms with Gasteiger partial charge in [0.1, 0.15) is 12.1 Å². The summed E-state index contributed by atoms with van der Waals surface area (Å²) in [6, 6.07) is -0.566. The van der Waals surface area contributed by atoms with Crippen molar-refractivity contribution in [3.8, 4) is 0 Å². The van der Waals surface area contributed by atoms with Gasteiger partial charge >= 0.3 is 11.9 Å². The van der Waals surface area contributed by atoms with Gasteiger partial charge in [0.25, 0.3) is 0 Å². The maximum atomic E-state index is 11.7. The van der Waals surface area contributed by atoms with Gasteiger partial charge in [-0.1, -0.05) is 6.42 Å². The highest BCUT2D eigenvalue weighted by molar-refractivity contribution is 5.76. The Morgan fingerprint density at radius 1 is 1.44 bits per heavy atom. The van der Waals surface area contributed by atoms with E-state index in [4.69, 9.17) is 14.6 Å². The van der Waals surface area contributed by atoms with Gasteiger partial charge in [-0.15, -0.1) is 0 Å². The molecule has 2 atom stereocenters. The van der Waals surface area contributed by atoms with Crippen molar-refractivity contribution >= 4 is 11.9 Å². The molecule has 0 aromatic heterocycles. The molecule has 1 saturated heterocycles. The highest BCUT2D eigenvalue weighted by Gasteiger charge is 2.30. The minimum Gasteiger partial charge on any atom is -0.480 e. The zero-order chi connectivity index (χ0) is 13.5. The summed E-state index contributed by atoms with van der Waals surface area (Å²) >= 11 is 0. The highest BCUT2D eigenvalue weighted by atomic mass is 16.6. The minimum absolute atomic E-state index is 0.0328. The number of piperidine rings is 1. The highest BCUT2D eigenvalue weighted by Crippen LogP contribution is 2.17. The smallest absolute Gasteiger partial charge is 0.320 e. The molecule has 6 nitrogen and oxygen atoms in total. The zero-order valence-electron chi connectivity index (χ0n) is 10.9. The van der Waals surface area contributed by atoms with Crippen LogP contribution in [0, 0.1) is 0 Å². The normalized spacial score (nSPS) is 22.4. The van der Waals surface area contributed by atoms with Gasteiger partial charge in [-0.3, -0.25) is 14.5 Å². The van der Waals surface area contributed by atoms with Crippen LogP contribution < -0.4 is 0 Å². The summed E-state index contributed by atoms with van der Waals surface area (Å²) in [6.07, 6.45) is 2.10. The second kappa shape index (κ2) is 7.33. The topological polar surface area (TPSA) is 76.1 Å². The summed E-state index contributed by atoms with van der Waals surface area (Å²) in [5, 5.41) is 9.07. The summed E-state index contributed by atoms with van der Waals surface area (Å²) in [5.74, 6) is -1.26. The van der Waals surface area contributed by atoms with E-state index in [0.29, 0.717) is 19.6 Å². The monoisotopic (exact) mass is 259 g/mol. The van der Waals surface area contributed by atoms with Gasteiger partial charge in [0, 0.05) is 7.11 Å². The molecule has 1 aliphatic heterocycles. The molecule has 1 heterocycles. The Balaban J connectivity index is 2.43. The van der Waals surface area contributed by atoms with Crippen LogP contribution in [-0.2, 0) is 19.1 Å². The molecule has 104 valence electrons. The molecule has 6 heteroatoms. The number of carboxylic acid groups (broad SMARTS) is 1. The molecule has 1 N–H and O–H groups in total. The average Bonchev–Trinajstić information content (AvgIpc) is 2.29. The molecule has 0 aliphatic carbocycles. The van der Waals surface area contributed by atoms with Crippen LogP contribution >= 0.6 is 0 Å². The van der Waals surface area contributed by atoms with Gasteiger partial charge < -0.3 is 14.6 Å². The first-order chi connectivity index (χ1) is 8.54. The number of esters is 1. The molecule has 0 spiro atoms. The lowest BCUT2D eigenvalue weighted by molar-refractivity contribution is -0.155. The molecule has 18 heavy (non-hydrogen) atoms. The van der Waals surface area contributed by atoms with E-state index in [1.165, 1.54) is 7.11 Å². The van der Waals surface area contributed by atoms with E-state index in [1.807, 2.05) is 0 Å². The quantitative estimate of drug-likeness (QED) is 0.700. The fraction of sp³-hybridized carbons (Fsp3) is 0.833. The maximum Gasteiger partial charge on any atom is 0.320 e. The Morgan fingerprint density at radius 3 is 2.78 bits per heavy atom. The van der Waals surface area contributed by atoms with Gasteiger partial charge in [-0.25, -0.2) is 0 Å². The third-order valence-electron chi connectivity index (χ3n) is 2.96. The molecule has 0 saturated carbocycles. The SMILES string of the molecule is COCC(C)OC(=O)CN1CCCCC1C(=O)O. The predicted molar refractivity (Wildman–Crippen MR) is 64.3 cm³/mol. The number of carbonyl (C=O) groups excluding carboxylic acids is 1. The van der Waals surface area contributed by atoms with E-state index in [-0.39, 0.29) is 12.6 Å². The first-order valence-electron chi connectivity index (χ1n) is 6.20. The van der Waals surface area contributed by atoms with Crippen molar-refractivity contribution in [3.05, 3.63) is 0 Å². The molecule has 1 aliphatic rings. The third kappa shape index (κ3) is 4.62. The third-order valence-corrected chi connectivity index (χ3v) is 2.96. The van der Waals surface area contributed by atoms with E-state index in [1.54, 1.807) is 11.8 Å². The Morgan fingerprint density at radius 2 is 2.17 bits per heavy atom. The van der Waals surface area contributed by atoms with Crippen LogP contribution in [-0.4, -0.2) is 60.9 Å². The number of likely N-dealkylation sites (tertiary alicyclic amines) is 1. The van der Waals surface area contributed by atoms with Crippen molar-refractivity contribution in [3.63, 3.8) is 0 Å². The Hall–Kier alpha value is -1.14. The number of carboxylic acids is 1. The zero-order valence-corrected chi connectivity index (χ0v) is 10.9. The molecule has 0 amide bonds. The molecular formula is C12H21NO5. The number of aliphatic carboxylic acids is 1. The fourth-order valence-electron chi connectivity index (χ4n) is 2.16. The van der Waals surface area contributed by atoms with Gasteiger partial charge in [0.15, 0.2) is 0 Å². The first-order valence-corrected chi connectivity index (χ1v) is 6.20. The van der Waals surface area contributed by atoms with Crippen LogP contribution in [0.3, 0.4) is 0 Å². The van der Waals surface area contributed by atoms with Gasteiger partial charge in [-0.2, -0.15) is 0 Å².